The third-order valence-electron chi connectivity index (χ3n) is 4.25. The molecule has 0 radical (unpaired) electrons. The Morgan fingerprint density at radius 3 is 2.59 bits per heavy atom. The number of benzene rings is 2. The quantitative estimate of drug-likeness (QED) is 0.525. The van der Waals surface area contributed by atoms with Crippen molar-refractivity contribution in [3.05, 3.63) is 71.1 Å². The molecule has 9 heteroatoms. The van der Waals surface area contributed by atoms with Gasteiger partial charge in [-0.2, -0.15) is 0 Å². The number of hydrogen-bond acceptors (Lipinski definition) is 4. The summed E-state index contributed by atoms with van der Waals surface area (Å²) in [6.07, 6.45) is 3.37. The average Bonchev–Trinajstić information content (AvgIpc) is 3.17. The highest BCUT2D eigenvalue weighted by atomic mass is 35.5. The van der Waals surface area contributed by atoms with Crippen molar-refractivity contribution < 1.29 is 13.2 Å². The van der Waals surface area contributed by atoms with Gasteiger partial charge < -0.3 is 10.3 Å². The van der Waals surface area contributed by atoms with Crippen LogP contribution < -0.4 is 10.0 Å². The van der Waals surface area contributed by atoms with Crippen LogP contribution in [0.25, 0.3) is 11.3 Å². The number of nitrogens with one attached hydrogen (secondary N) is 3. The minimum atomic E-state index is -3.52. The van der Waals surface area contributed by atoms with E-state index in [1.807, 2.05) is 37.3 Å². The largest absolute Gasteiger partial charge is 0.342 e. The predicted molar refractivity (Wildman–Crippen MR) is 114 cm³/mol. The van der Waals surface area contributed by atoms with Gasteiger partial charge in [0.05, 0.1) is 34.9 Å². The molecule has 0 aliphatic heterocycles. The van der Waals surface area contributed by atoms with Gasteiger partial charge >= 0.3 is 0 Å². The molecule has 0 bridgehead atoms. The highest BCUT2D eigenvalue weighted by Gasteiger charge is 2.18. The van der Waals surface area contributed by atoms with Crippen molar-refractivity contribution in [2.24, 2.45) is 0 Å². The monoisotopic (exact) mass is 432 g/mol. The first-order valence-corrected chi connectivity index (χ1v) is 11.2. The molecule has 7 nitrogen and oxygen atoms in total. The zero-order valence-electron chi connectivity index (χ0n) is 15.9. The molecule has 1 atom stereocenters. The molecule has 0 aliphatic carbocycles. The summed E-state index contributed by atoms with van der Waals surface area (Å²) in [6, 6.07) is 13.9. The average molecular weight is 433 g/mol. The van der Waals surface area contributed by atoms with Crippen LogP contribution >= 0.6 is 11.6 Å². The van der Waals surface area contributed by atoms with E-state index in [1.54, 1.807) is 6.20 Å². The number of anilines is 1. The summed E-state index contributed by atoms with van der Waals surface area (Å²) >= 11 is 6.02. The number of hydrogen-bond donors (Lipinski definition) is 3. The summed E-state index contributed by atoms with van der Waals surface area (Å²) in [5.41, 5.74) is 2.30. The van der Waals surface area contributed by atoms with Crippen molar-refractivity contribution in [3.63, 3.8) is 0 Å². The Bertz CT molecular complexity index is 1110. The molecule has 152 valence electrons. The normalized spacial score (nSPS) is 12.4. The Labute approximate surface area is 174 Å². The summed E-state index contributed by atoms with van der Waals surface area (Å²) in [5.74, 6) is 0.283. The lowest BCUT2D eigenvalue weighted by Crippen LogP contribution is -2.29. The topological polar surface area (TPSA) is 104 Å². The predicted octanol–water partition coefficient (Wildman–Crippen LogP) is 3.98. The number of nitrogens with zero attached hydrogens (tertiary/aromatic N) is 1. The van der Waals surface area contributed by atoms with Gasteiger partial charge in [-0.25, -0.2) is 13.4 Å². The van der Waals surface area contributed by atoms with Gasteiger partial charge in [0.15, 0.2) is 0 Å². The van der Waals surface area contributed by atoms with Crippen LogP contribution in [0, 0.1) is 0 Å². The molecule has 0 spiro atoms. The smallest absolute Gasteiger partial charge is 0.251 e. The number of halogens is 1. The first-order chi connectivity index (χ1) is 13.8. The fourth-order valence-corrected chi connectivity index (χ4v) is 3.62. The first-order valence-electron chi connectivity index (χ1n) is 8.95. The van der Waals surface area contributed by atoms with Crippen LogP contribution in [0.4, 0.5) is 5.69 Å². The summed E-state index contributed by atoms with van der Waals surface area (Å²) < 4.78 is 25.3. The lowest BCUT2D eigenvalue weighted by atomic mass is 10.1. The second-order valence-corrected chi connectivity index (χ2v) is 8.71. The van der Waals surface area contributed by atoms with Gasteiger partial charge in [-0.05, 0) is 30.2 Å². The third-order valence-corrected chi connectivity index (χ3v) is 5.17. The van der Waals surface area contributed by atoms with Crippen molar-refractivity contribution >= 4 is 33.2 Å². The van der Waals surface area contributed by atoms with E-state index in [2.05, 4.69) is 20.0 Å². The molecule has 2 aromatic carbocycles. The van der Waals surface area contributed by atoms with E-state index in [0.29, 0.717) is 12.2 Å². The summed E-state index contributed by atoms with van der Waals surface area (Å²) in [4.78, 5) is 20.4. The maximum atomic E-state index is 12.7. The zero-order chi connectivity index (χ0) is 21.0. The molecule has 0 saturated carbocycles. The van der Waals surface area contributed by atoms with Gasteiger partial charge in [0.25, 0.3) is 5.91 Å². The van der Waals surface area contributed by atoms with Crippen LogP contribution in [0.15, 0.2) is 54.7 Å². The van der Waals surface area contributed by atoms with Crippen molar-refractivity contribution in [2.75, 3.05) is 11.0 Å². The molecule has 3 rings (SSSR count). The molecule has 0 fully saturated rings. The van der Waals surface area contributed by atoms with E-state index < -0.39 is 10.0 Å². The highest BCUT2D eigenvalue weighted by Crippen LogP contribution is 2.25. The number of H-pyrrole nitrogens is 1. The molecular weight excluding hydrogens is 412 g/mol. The van der Waals surface area contributed by atoms with Gasteiger partial charge in [-0.3, -0.25) is 9.52 Å². The third kappa shape index (κ3) is 5.36. The number of amides is 1. The number of carbonyl (C=O) groups excluding carboxylic acids is 1. The molecule has 1 heterocycles. The van der Waals surface area contributed by atoms with Crippen molar-refractivity contribution in [1.29, 1.82) is 0 Å². The van der Waals surface area contributed by atoms with Crippen molar-refractivity contribution in [3.8, 4) is 11.3 Å². The first kappa shape index (κ1) is 20.9. The molecule has 1 unspecified atom stereocenters. The van der Waals surface area contributed by atoms with E-state index in [9.17, 15) is 13.2 Å². The van der Waals surface area contributed by atoms with Crippen LogP contribution in [0.3, 0.4) is 0 Å². The Morgan fingerprint density at radius 1 is 1.21 bits per heavy atom. The van der Waals surface area contributed by atoms with Crippen molar-refractivity contribution in [1.82, 2.24) is 15.3 Å². The van der Waals surface area contributed by atoms with Crippen LogP contribution in [0.1, 0.15) is 35.6 Å². The fraction of sp³-hybridized carbons (Fsp3) is 0.200. The molecule has 29 heavy (non-hydrogen) atoms. The van der Waals surface area contributed by atoms with Gasteiger partial charge in [-0.15, -0.1) is 0 Å². The maximum Gasteiger partial charge on any atom is 0.251 e. The van der Waals surface area contributed by atoms with Crippen LogP contribution in [0.5, 0.6) is 0 Å². The minimum absolute atomic E-state index is 0.152. The van der Waals surface area contributed by atoms with Gasteiger partial charge in [0.2, 0.25) is 10.0 Å². The van der Waals surface area contributed by atoms with Crippen molar-refractivity contribution in [2.45, 2.75) is 19.4 Å². The molecule has 1 aromatic heterocycles. The Morgan fingerprint density at radius 2 is 1.93 bits per heavy atom. The highest BCUT2D eigenvalue weighted by molar-refractivity contribution is 7.92. The molecular formula is C20H21ClN4O3S. The Kier molecular flexibility index (Phi) is 6.24. The van der Waals surface area contributed by atoms with Crippen LogP contribution in [0.2, 0.25) is 5.02 Å². The lowest BCUT2D eigenvalue weighted by molar-refractivity contribution is 0.0934. The fourth-order valence-electron chi connectivity index (χ4n) is 2.83. The second-order valence-electron chi connectivity index (χ2n) is 6.55. The lowest BCUT2D eigenvalue weighted by Gasteiger charge is -2.16. The molecule has 1 amide bonds. The van der Waals surface area contributed by atoms with Gasteiger partial charge in [-0.1, -0.05) is 48.9 Å². The number of aromatic nitrogens is 2. The molecule has 0 saturated heterocycles. The zero-order valence-corrected chi connectivity index (χ0v) is 17.5. The van der Waals surface area contributed by atoms with E-state index >= 15 is 0 Å². The number of sulfonamides is 1. The van der Waals surface area contributed by atoms with E-state index in [0.717, 1.165) is 17.5 Å². The SMILES string of the molecule is CCC(NC(=O)c1ccc(Cl)c(NS(C)(=O)=O)c1)c1ncc(-c2ccccc2)[nH]1. The van der Waals surface area contributed by atoms with Gasteiger partial charge in [0.1, 0.15) is 5.82 Å². The minimum Gasteiger partial charge on any atom is -0.342 e. The summed E-state index contributed by atoms with van der Waals surface area (Å²) in [6.45, 7) is 1.94. The molecule has 3 N–H and O–H groups in total. The maximum absolute atomic E-state index is 12.7. The summed E-state index contributed by atoms with van der Waals surface area (Å²) in [5, 5.41) is 3.13. The van der Waals surface area contributed by atoms with E-state index in [-0.39, 0.29) is 28.2 Å². The Hall–Kier alpha value is -2.84. The van der Waals surface area contributed by atoms with Crippen LogP contribution in [-0.2, 0) is 10.0 Å². The second kappa shape index (κ2) is 8.67. The van der Waals surface area contributed by atoms with Crippen LogP contribution in [-0.4, -0.2) is 30.5 Å². The molecule has 3 aromatic rings. The molecule has 0 aliphatic rings. The van der Waals surface area contributed by atoms with E-state index in [4.69, 9.17) is 11.6 Å². The summed E-state index contributed by atoms with van der Waals surface area (Å²) in [7, 11) is -3.52. The van der Waals surface area contributed by atoms with Gasteiger partial charge in [0, 0.05) is 5.56 Å². The number of aromatic amines is 1. The van der Waals surface area contributed by atoms with E-state index in [1.165, 1.54) is 18.2 Å². The number of rotatable bonds is 7. The Balaban J connectivity index is 1.79. The number of imidazole rings is 1. The number of carbonyl (C=O) groups is 1. The standard InChI is InChI=1S/C20H21ClN4O3S/c1-3-16(19-22-12-18(23-19)13-7-5-4-6-8-13)24-20(26)14-9-10-15(21)17(11-14)25-29(2,27)28/h4-12,16,25H,3H2,1-2H3,(H,22,23)(H,24,26).